The van der Waals surface area contributed by atoms with Crippen molar-refractivity contribution in [3.05, 3.63) is 95.5 Å². The molecule has 244 valence electrons. The maximum atomic E-state index is 13.1. The lowest BCUT2D eigenvalue weighted by Gasteiger charge is -2.25. The van der Waals surface area contributed by atoms with E-state index in [1.54, 1.807) is 13.1 Å². The maximum absolute atomic E-state index is 13.1. The fraction of sp³-hybridized carbons (Fsp3) is 0.514. The number of alkyl halides is 1. The summed E-state index contributed by atoms with van der Waals surface area (Å²) in [6.45, 7) is 18.7. The lowest BCUT2D eigenvalue weighted by atomic mass is 9.91. The summed E-state index contributed by atoms with van der Waals surface area (Å²) in [6, 6.07) is 8.28. The van der Waals surface area contributed by atoms with Crippen LogP contribution in [0.1, 0.15) is 82.6 Å². The van der Waals surface area contributed by atoms with Crippen LogP contribution in [0.3, 0.4) is 0 Å². The van der Waals surface area contributed by atoms with Gasteiger partial charge in [-0.3, -0.25) is 9.79 Å². The molecule has 4 rings (SSSR count). The third-order valence-corrected chi connectivity index (χ3v) is 7.33. The van der Waals surface area contributed by atoms with Gasteiger partial charge in [0.15, 0.2) is 0 Å². The van der Waals surface area contributed by atoms with E-state index < -0.39 is 6.17 Å². The van der Waals surface area contributed by atoms with E-state index in [-0.39, 0.29) is 5.91 Å². The van der Waals surface area contributed by atoms with Gasteiger partial charge >= 0.3 is 0 Å². The Labute approximate surface area is 267 Å². The lowest BCUT2D eigenvalue weighted by Crippen LogP contribution is -2.35. The normalized spacial score (nSPS) is 18.2. The van der Waals surface area contributed by atoms with Gasteiger partial charge in [-0.15, -0.1) is 0 Å². The number of nitrogens with two attached hydrogens (primary N) is 1. The fourth-order valence-electron chi connectivity index (χ4n) is 4.60. The number of benzene rings is 1. The largest absolute Gasteiger partial charge is 0.342 e. The van der Waals surface area contributed by atoms with Crippen molar-refractivity contribution in [3.8, 4) is 0 Å². The second-order valence-electron chi connectivity index (χ2n) is 11.1. The van der Waals surface area contributed by atoms with Crippen molar-refractivity contribution in [1.82, 2.24) is 15.1 Å². The predicted octanol–water partition coefficient (Wildman–Crippen LogP) is 7.75. The molecule has 1 aromatic rings. The summed E-state index contributed by atoms with van der Waals surface area (Å²) in [5.41, 5.74) is 10.5. The van der Waals surface area contributed by atoms with Crippen LogP contribution in [-0.4, -0.2) is 67.4 Å². The number of rotatable bonds is 9. The van der Waals surface area contributed by atoms with E-state index in [1.165, 1.54) is 24.8 Å². The first-order valence-corrected chi connectivity index (χ1v) is 16.3. The standard InChI is InChI=1S/C18H23FN2.C13H20N2O.C4H9N.C2H6/c1-4-9-21-13-14(2)11-20-12-18(21)17-7-5-16(6-8-17)10-15(3)19;1-4-15(10-9-14-3)13(16)12-7-5-11(2)6-8-12;5-4-2-1-3-4;1-2/h4-5,7-9,11-12,15-16H,2,6,10,13H2,1,3H3;5-8,14H,4,9-10H2,1-3H3;4H,1-3,5H2;1-2H3/b9-4-;;;. The van der Waals surface area contributed by atoms with Gasteiger partial charge in [0.25, 0.3) is 5.91 Å². The number of allylic oxidation sites excluding steroid dienone is 4. The van der Waals surface area contributed by atoms with Gasteiger partial charge in [0.05, 0.1) is 18.1 Å². The van der Waals surface area contributed by atoms with E-state index >= 15 is 0 Å². The molecule has 1 aliphatic heterocycles. The predicted molar refractivity (Wildman–Crippen MR) is 188 cm³/mol. The zero-order valence-electron chi connectivity index (χ0n) is 28.4. The molecule has 0 bridgehead atoms. The molecule has 3 aliphatic rings. The van der Waals surface area contributed by atoms with Gasteiger partial charge in [0.1, 0.15) is 0 Å². The highest BCUT2D eigenvalue weighted by Gasteiger charge is 2.18. The molecule has 1 amide bonds. The lowest BCUT2D eigenvalue weighted by molar-refractivity contribution is 0.0766. The summed E-state index contributed by atoms with van der Waals surface area (Å²) >= 11 is 0. The van der Waals surface area contributed by atoms with Crippen molar-refractivity contribution in [1.29, 1.82) is 0 Å². The Kier molecular flexibility index (Phi) is 19.6. The van der Waals surface area contributed by atoms with Crippen LogP contribution in [0, 0.1) is 12.8 Å². The molecule has 1 aromatic carbocycles. The second kappa shape index (κ2) is 22.3. The number of hydrogen-bond acceptors (Lipinski definition) is 5. The number of halogens is 1. The highest BCUT2D eigenvalue weighted by atomic mass is 19.1. The molecule has 1 heterocycles. The van der Waals surface area contributed by atoms with Crippen LogP contribution in [0.15, 0.2) is 89.4 Å². The third-order valence-electron chi connectivity index (χ3n) is 7.33. The van der Waals surface area contributed by atoms with E-state index in [1.807, 2.05) is 89.3 Å². The van der Waals surface area contributed by atoms with E-state index in [2.05, 4.69) is 40.0 Å². The molecule has 0 aromatic heterocycles. The molecule has 44 heavy (non-hydrogen) atoms. The average Bonchev–Trinajstić information content (AvgIpc) is 3.19. The van der Waals surface area contributed by atoms with Gasteiger partial charge in [-0.2, -0.15) is 0 Å². The maximum Gasteiger partial charge on any atom is 0.253 e. The smallest absolute Gasteiger partial charge is 0.253 e. The van der Waals surface area contributed by atoms with Gasteiger partial charge in [-0.05, 0) is 89.6 Å². The first-order chi connectivity index (χ1) is 21.2. The Morgan fingerprint density at radius 1 is 1.27 bits per heavy atom. The van der Waals surface area contributed by atoms with Crippen molar-refractivity contribution >= 4 is 12.1 Å². The Bertz CT molecular complexity index is 1130. The van der Waals surface area contributed by atoms with Gasteiger partial charge < -0.3 is 20.9 Å². The number of nitrogens with one attached hydrogen (secondary N) is 1. The number of hydrogen-bond donors (Lipinski definition) is 2. The molecule has 0 radical (unpaired) electrons. The second-order valence-corrected chi connectivity index (χ2v) is 11.1. The van der Waals surface area contributed by atoms with Gasteiger partial charge in [-0.1, -0.05) is 68.8 Å². The van der Waals surface area contributed by atoms with Crippen molar-refractivity contribution in [2.45, 2.75) is 85.9 Å². The summed E-state index contributed by atoms with van der Waals surface area (Å²) in [5, 5.41) is 3.05. The molecule has 1 saturated carbocycles. The van der Waals surface area contributed by atoms with Crippen molar-refractivity contribution in [2.75, 3.05) is 33.2 Å². The monoisotopic (exact) mass is 607 g/mol. The quantitative estimate of drug-likeness (QED) is 0.301. The summed E-state index contributed by atoms with van der Waals surface area (Å²) in [7, 11) is 1.89. The molecule has 7 heteroatoms. The van der Waals surface area contributed by atoms with Crippen LogP contribution in [0.25, 0.3) is 0 Å². The van der Waals surface area contributed by atoms with Gasteiger partial charge in [0.2, 0.25) is 0 Å². The highest BCUT2D eigenvalue weighted by molar-refractivity contribution is 5.94. The number of carbonyl (C=O) groups is 1. The molecule has 2 atom stereocenters. The van der Waals surface area contributed by atoms with Crippen molar-refractivity contribution in [2.24, 2.45) is 16.6 Å². The Morgan fingerprint density at radius 2 is 1.93 bits per heavy atom. The first-order valence-electron chi connectivity index (χ1n) is 16.3. The van der Waals surface area contributed by atoms with Crippen molar-refractivity contribution in [3.63, 3.8) is 0 Å². The van der Waals surface area contributed by atoms with Crippen LogP contribution in [0.2, 0.25) is 0 Å². The van der Waals surface area contributed by atoms with Crippen LogP contribution >= 0.6 is 0 Å². The summed E-state index contributed by atoms with van der Waals surface area (Å²) < 4.78 is 13.1. The van der Waals surface area contributed by atoms with E-state index in [0.717, 1.165) is 55.0 Å². The molecule has 6 nitrogen and oxygen atoms in total. The van der Waals surface area contributed by atoms with Crippen molar-refractivity contribution < 1.29 is 9.18 Å². The minimum atomic E-state index is -0.751. The van der Waals surface area contributed by atoms with E-state index in [4.69, 9.17) is 5.73 Å². The first kappa shape index (κ1) is 38.7. The minimum absolute atomic E-state index is 0.109. The fourth-order valence-corrected chi connectivity index (χ4v) is 4.60. The molecule has 0 saturated heterocycles. The van der Waals surface area contributed by atoms with E-state index in [9.17, 15) is 9.18 Å². The molecule has 2 aliphatic carbocycles. The molecule has 0 spiro atoms. The topological polar surface area (TPSA) is 74.0 Å². The third kappa shape index (κ3) is 14.5. The number of aliphatic imine (C=N–C) groups is 1. The van der Waals surface area contributed by atoms with Crippen LogP contribution in [-0.2, 0) is 0 Å². The number of carbonyl (C=O) groups excluding carboxylic acids is 1. The average molecular weight is 608 g/mol. The zero-order chi connectivity index (χ0) is 32.9. The Balaban J connectivity index is 0.000000370. The summed E-state index contributed by atoms with van der Waals surface area (Å²) in [6.07, 6.45) is 18.7. The highest BCUT2D eigenvalue weighted by Crippen LogP contribution is 2.28. The Hall–Kier alpha value is -3.29. The molecule has 3 N–H and O–H groups in total. The number of aryl methyl sites for hydroxylation is 1. The molecule has 2 unspecified atom stereocenters. The van der Waals surface area contributed by atoms with Gasteiger partial charge in [0, 0.05) is 50.2 Å². The number of likely N-dealkylation sites (N-methyl/N-ethyl adjacent to an activating group) is 2. The number of nitrogens with zero attached hydrogens (tertiary/aromatic N) is 3. The Morgan fingerprint density at radius 3 is 2.41 bits per heavy atom. The van der Waals surface area contributed by atoms with Crippen LogP contribution < -0.4 is 11.1 Å². The number of amides is 1. The zero-order valence-corrected chi connectivity index (χ0v) is 28.4. The summed E-state index contributed by atoms with van der Waals surface area (Å²) in [5.74, 6) is 0.409. The molecule has 1 fully saturated rings. The van der Waals surface area contributed by atoms with E-state index in [0.29, 0.717) is 18.4 Å². The SMILES string of the molecule is C=C1C=NC=C(C2=CCC(CC(C)F)C=C2)N(/C=C\C)C1.CC.CCN(CCNC)C(=O)c1ccc(C)cc1.NC1CCC1. The summed E-state index contributed by atoms with van der Waals surface area (Å²) in [4.78, 5) is 20.4. The molecular formula is C37H58FN5O. The van der Waals surface area contributed by atoms with Crippen LogP contribution in [0.5, 0.6) is 0 Å². The van der Waals surface area contributed by atoms with Gasteiger partial charge in [-0.25, -0.2) is 4.39 Å². The molecular weight excluding hydrogens is 549 g/mol. The minimum Gasteiger partial charge on any atom is -0.342 e. The van der Waals surface area contributed by atoms with Crippen LogP contribution in [0.4, 0.5) is 4.39 Å².